The fourth-order valence-electron chi connectivity index (χ4n) is 3.15. The normalized spacial score (nSPS) is 16.2. The summed E-state index contributed by atoms with van der Waals surface area (Å²) in [5.74, 6) is 0.422. The number of pyridine rings is 1. The van der Waals surface area contributed by atoms with Crippen molar-refractivity contribution >= 4 is 17.4 Å². The monoisotopic (exact) mass is 383 g/mol. The molecule has 0 unspecified atom stereocenters. The van der Waals surface area contributed by atoms with Gasteiger partial charge in [-0.05, 0) is 31.0 Å². The topological polar surface area (TPSA) is 19.4 Å². The molecule has 1 aliphatic rings. The van der Waals surface area contributed by atoms with Crippen LogP contribution in [0.1, 0.15) is 22.3 Å². The Morgan fingerprint density at radius 2 is 1.77 bits per heavy atom. The number of aryl methyl sites for hydroxylation is 2. The first kappa shape index (κ1) is 19.0. The molecule has 0 atom stereocenters. The number of piperazine rings is 1. The van der Waals surface area contributed by atoms with Crippen molar-refractivity contribution < 1.29 is 13.2 Å². The predicted molar refractivity (Wildman–Crippen MR) is 97.7 cm³/mol. The zero-order valence-corrected chi connectivity index (χ0v) is 15.5. The van der Waals surface area contributed by atoms with Crippen molar-refractivity contribution in [3.05, 3.63) is 57.7 Å². The average molecular weight is 384 g/mol. The first-order chi connectivity index (χ1) is 12.2. The minimum Gasteiger partial charge on any atom is -0.353 e. The first-order valence-corrected chi connectivity index (χ1v) is 8.88. The van der Waals surface area contributed by atoms with Gasteiger partial charge >= 0.3 is 6.18 Å². The number of anilines is 1. The molecule has 2 heterocycles. The Morgan fingerprint density at radius 3 is 2.38 bits per heavy atom. The highest BCUT2D eigenvalue weighted by molar-refractivity contribution is 6.33. The second-order valence-corrected chi connectivity index (χ2v) is 7.13. The molecule has 7 heteroatoms. The Labute approximate surface area is 156 Å². The van der Waals surface area contributed by atoms with Crippen molar-refractivity contribution in [2.45, 2.75) is 26.6 Å². The Bertz CT molecular complexity index is 784. The van der Waals surface area contributed by atoms with Gasteiger partial charge in [0.05, 0.1) is 10.6 Å². The number of alkyl halides is 3. The maximum absolute atomic E-state index is 12.7. The van der Waals surface area contributed by atoms with E-state index in [1.165, 1.54) is 16.7 Å². The van der Waals surface area contributed by atoms with Crippen molar-refractivity contribution in [3.8, 4) is 0 Å². The summed E-state index contributed by atoms with van der Waals surface area (Å²) in [5, 5.41) is 0.0443. The third-order valence-electron chi connectivity index (χ3n) is 4.72. The lowest BCUT2D eigenvalue weighted by molar-refractivity contribution is -0.137. The summed E-state index contributed by atoms with van der Waals surface area (Å²) in [4.78, 5) is 8.25. The van der Waals surface area contributed by atoms with E-state index in [1.807, 2.05) is 4.90 Å². The van der Waals surface area contributed by atoms with Crippen molar-refractivity contribution in [1.29, 1.82) is 0 Å². The van der Waals surface area contributed by atoms with Gasteiger partial charge in [-0.3, -0.25) is 4.90 Å². The van der Waals surface area contributed by atoms with E-state index in [4.69, 9.17) is 11.6 Å². The predicted octanol–water partition coefficient (Wildman–Crippen LogP) is 4.69. The van der Waals surface area contributed by atoms with E-state index >= 15 is 0 Å². The molecule has 0 aliphatic carbocycles. The molecule has 3 rings (SSSR count). The Hall–Kier alpha value is -1.79. The average Bonchev–Trinajstić information content (AvgIpc) is 2.58. The number of hydrogen-bond acceptors (Lipinski definition) is 3. The molecule has 140 valence electrons. The minimum absolute atomic E-state index is 0.0443. The van der Waals surface area contributed by atoms with E-state index in [9.17, 15) is 13.2 Å². The number of hydrogen-bond donors (Lipinski definition) is 0. The van der Waals surface area contributed by atoms with Gasteiger partial charge < -0.3 is 4.90 Å². The van der Waals surface area contributed by atoms with E-state index in [0.29, 0.717) is 18.9 Å². The van der Waals surface area contributed by atoms with Crippen molar-refractivity contribution in [1.82, 2.24) is 9.88 Å². The largest absolute Gasteiger partial charge is 0.417 e. The van der Waals surface area contributed by atoms with Gasteiger partial charge in [-0.25, -0.2) is 4.98 Å². The number of rotatable bonds is 3. The number of halogens is 4. The molecular formula is C19H21ClF3N3. The van der Waals surface area contributed by atoms with Gasteiger partial charge in [-0.2, -0.15) is 13.2 Å². The van der Waals surface area contributed by atoms with E-state index in [-0.39, 0.29) is 5.02 Å². The maximum Gasteiger partial charge on any atom is 0.417 e. The molecule has 0 radical (unpaired) electrons. The molecule has 1 fully saturated rings. The molecular weight excluding hydrogens is 363 g/mol. The van der Waals surface area contributed by atoms with Gasteiger partial charge in [-0.1, -0.05) is 35.4 Å². The summed E-state index contributed by atoms with van der Waals surface area (Å²) in [6.45, 7) is 8.05. The highest BCUT2D eigenvalue weighted by Crippen LogP contribution is 2.33. The lowest BCUT2D eigenvalue weighted by Crippen LogP contribution is -2.46. The highest BCUT2D eigenvalue weighted by atomic mass is 35.5. The molecule has 1 saturated heterocycles. The zero-order valence-electron chi connectivity index (χ0n) is 14.8. The van der Waals surface area contributed by atoms with E-state index in [2.05, 4.69) is 41.9 Å². The van der Waals surface area contributed by atoms with Crippen LogP contribution in [-0.4, -0.2) is 36.1 Å². The minimum atomic E-state index is -4.43. The van der Waals surface area contributed by atoms with Crippen molar-refractivity contribution in [2.24, 2.45) is 0 Å². The molecule has 1 aromatic heterocycles. The molecule has 0 spiro atoms. The fourth-order valence-corrected chi connectivity index (χ4v) is 3.43. The third-order valence-corrected chi connectivity index (χ3v) is 5.00. The molecule has 0 saturated carbocycles. The van der Waals surface area contributed by atoms with Gasteiger partial charge in [0.25, 0.3) is 0 Å². The van der Waals surface area contributed by atoms with Crippen LogP contribution in [0.15, 0.2) is 30.5 Å². The molecule has 2 aromatic rings. The molecule has 1 aromatic carbocycles. The van der Waals surface area contributed by atoms with Gasteiger partial charge in [0.2, 0.25) is 0 Å². The highest BCUT2D eigenvalue weighted by Gasteiger charge is 2.32. The van der Waals surface area contributed by atoms with Crippen LogP contribution in [0.25, 0.3) is 0 Å². The summed E-state index contributed by atoms with van der Waals surface area (Å²) >= 11 is 6.06. The van der Waals surface area contributed by atoms with Crippen molar-refractivity contribution in [2.75, 3.05) is 31.1 Å². The third kappa shape index (κ3) is 4.30. The standard InChI is InChI=1S/C19H21ClF3N3/c1-13-3-4-14(2)15(9-13)12-25-5-7-26(8-6-25)18-17(20)10-16(11-24-18)19(21,22)23/h3-4,9-11H,5-8,12H2,1-2H3. The van der Waals surface area contributed by atoms with Crippen LogP contribution in [0.3, 0.4) is 0 Å². The van der Waals surface area contributed by atoms with Gasteiger partial charge in [0.15, 0.2) is 0 Å². The molecule has 26 heavy (non-hydrogen) atoms. The lowest BCUT2D eigenvalue weighted by atomic mass is 10.0. The molecule has 3 nitrogen and oxygen atoms in total. The lowest BCUT2D eigenvalue weighted by Gasteiger charge is -2.36. The summed E-state index contributed by atoms with van der Waals surface area (Å²) in [7, 11) is 0. The SMILES string of the molecule is Cc1ccc(C)c(CN2CCN(c3ncc(C(F)(F)F)cc3Cl)CC2)c1. The first-order valence-electron chi connectivity index (χ1n) is 8.50. The van der Waals surface area contributed by atoms with Gasteiger partial charge in [0.1, 0.15) is 5.82 Å². The quantitative estimate of drug-likeness (QED) is 0.766. The summed E-state index contributed by atoms with van der Waals surface area (Å²) < 4.78 is 38.2. The number of nitrogens with zero attached hydrogens (tertiary/aromatic N) is 3. The van der Waals surface area contributed by atoms with Crippen LogP contribution >= 0.6 is 11.6 Å². The van der Waals surface area contributed by atoms with Crippen LogP contribution in [-0.2, 0) is 12.7 Å². The maximum atomic E-state index is 12.7. The second kappa shape index (κ2) is 7.45. The smallest absolute Gasteiger partial charge is 0.353 e. The zero-order chi connectivity index (χ0) is 18.9. The Kier molecular flexibility index (Phi) is 5.44. The molecule has 0 bridgehead atoms. The molecule has 0 N–H and O–H groups in total. The molecule has 1 aliphatic heterocycles. The summed E-state index contributed by atoms with van der Waals surface area (Å²) in [6, 6.07) is 7.39. The van der Waals surface area contributed by atoms with Crippen molar-refractivity contribution in [3.63, 3.8) is 0 Å². The van der Waals surface area contributed by atoms with Gasteiger partial charge in [0, 0.05) is 38.9 Å². The van der Waals surface area contributed by atoms with Gasteiger partial charge in [-0.15, -0.1) is 0 Å². The van der Waals surface area contributed by atoms with Crippen LogP contribution < -0.4 is 4.90 Å². The summed E-state index contributed by atoms with van der Waals surface area (Å²) in [5.41, 5.74) is 3.00. The number of benzene rings is 1. The van der Waals surface area contributed by atoms with Crippen LogP contribution in [0, 0.1) is 13.8 Å². The Balaban J connectivity index is 1.64. The van der Waals surface area contributed by atoms with E-state index < -0.39 is 11.7 Å². The molecule has 0 amide bonds. The Morgan fingerprint density at radius 1 is 1.08 bits per heavy atom. The van der Waals surface area contributed by atoms with E-state index in [0.717, 1.165) is 31.9 Å². The second-order valence-electron chi connectivity index (χ2n) is 6.72. The fraction of sp³-hybridized carbons (Fsp3) is 0.421. The van der Waals surface area contributed by atoms with Crippen LogP contribution in [0.2, 0.25) is 5.02 Å². The number of aromatic nitrogens is 1. The van der Waals surface area contributed by atoms with Crippen LogP contribution in [0.5, 0.6) is 0 Å². The summed E-state index contributed by atoms with van der Waals surface area (Å²) in [6.07, 6.45) is -3.58. The van der Waals surface area contributed by atoms with Crippen LogP contribution in [0.4, 0.5) is 19.0 Å². The van der Waals surface area contributed by atoms with E-state index in [1.54, 1.807) is 0 Å².